The summed E-state index contributed by atoms with van der Waals surface area (Å²) in [5.74, 6) is -1.48. The topological polar surface area (TPSA) is 61.8 Å². The number of amides is 2. The number of fused-ring (bicyclic) bond motifs is 1. The van der Waals surface area contributed by atoms with Crippen molar-refractivity contribution in [3.8, 4) is 0 Å². The largest absolute Gasteiger partial charge is 0.406 e. The van der Waals surface area contributed by atoms with Crippen molar-refractivity contribution in [2.45, 2.75) is 31.6 Å². The highest BCUT2D eigenvalue weighted by atomic mass is 35.5. The van der Waals surface area contributed by atoms with Crippen molar-refractivity contribution in [1.29, 1.82) is 0 Å². The summed E-state index contributed by atoms with van der Waals surface area (Å²) in [6.07, 6.45) is -4.61. The maximum absolute atomic E-state index is 13.3. The second kappa shape index (κ2) is 8.75. The number of para-hydroxylation sites is 1. The number of nitrogens with one attached hydrogen (secondary N) is 1. The Labute approximate surface area is 192 Å². The van der Waals surface area contributed by atoms with Crippen LogP contribution in [0, 0.1) is 5.92 Å². The molecule has 168 valence electrons. The lowest BCUT2D eigenvalue weighted by Crippen LogP contribution is -2.50. The molecule has 1 aliphatic carbocycles. The van der Waals surface area contributed by atoms with Crippen LogP contribution in [0.2, 0.25) is 10.0 Å². The van der Waals surface area contributed by atoms with E-state index in [0.717, 1.165) is 12.8 Å². The monoisotopic (exact) mass is 483 g/mol. The van der Waals surface area contributed by atoms with Crippen LogP contribution in [-0.4, -0.2) is 36.4 Å². The number of alkyl halides is 3. The number of benzodiazepines with no additional fused rings is 1. The predicted octanol–water partition coefficient (Wildman–Crippen LogP) is 4.79. The smallest absolute Gasteiger partial charge is 0.326 e. The molecule has 0 bridgehead atoms. The molecular formula is C22H18Cl2F3N3O2. The molecule has 2 aromatic carbocycles. The van der Waals surface area contributed by atoms with Crippen molar-refractivity contribution in [2.24, 2.45) is 10.9 Å². The van der Waals surface area contributed by atoms with Gasteiger partial charge in [0.1, 0.15) is 6.54 Å². The highest BCUT2D eigenvalue weighted by Crippen LogP contribution is 2.38. The van der Waals surface area contributed by atoms with Crippen LogP contribution in [0.3, 0.4) is 0 Å². The van der Waals surface area contributed by atoms with Gasteiger partial charge in [-0.15, -0.1) is 0 Å². The third-order valence-corrected chi connectivity index (χ3v) is 5.56. The van der Waals surface area contributed by atoms with Gasteiger partial charge in [-0.05, 0) is 42.7 Å². The SMILES string of the molecule is O=C(Cc1cc(Cl)cc(Cl)c1)NC1N=C(C2CC2)c2ccccc2N(CC(F)(F)F)C1=O. The van der Waals surface area contributed by atoms with Gasteiger partial charge >= 0.3 is 6.18 Å². The van der Waals surface area contributed by atoms with E-state index in [2.05, 4.69) is 10.3 Å². The van der Waals surface area contributed by atoms with Crippen molar-refractivity contribution in [1.82, 2.24) is 5.32 Å². The lowest BCUT2D eigenvalue weighted by atomic mass is 10.0. The summed E-state index contributed by atoms with van der Waals surface area (Å²) < 4.78 is 40.0. The Kier molecular flexibility index (Phi) is 6.18. The average Bonchev–Trinajstić information content (AvgIpc) is 3.52. The van der Waals surface area contributed by atoms with Gasteiger partial charge in [-0.25, -0.2) is 0 Å². The second-order valence-electron chi connectivity index (χ2n) is 7.77. The number of hydrogen-bond acceptors (Lipinski definition) is 3. The molecule has 1 heterocycles. The van der Waals surface area contributed by atoms with E-state index in [1.54, 1.807) is 30.3 Å². The Hall–Kier alpha value is -2.58. The molecule has 1 fully saturated rings. The lowest BCUT2D eigenvalue weighted by Gasteiger charge is -2.26. The van der Waals surface area contributed by atoms with Gasteiger partial charge in [0.25, 0.3) is 5.91 Å². The number of aliphatic imine (C=N–C) groups is 1. The van der Waals surface area contributed by atoms with Gasteiger partial charge in [-0.1, -0.05) is 41.4 Å². The Bertz CT molecular complexity index is 1080. The number of anilines is 1. The molecule has 10 heteroatoms. The van der Waals surface area contributed by atoms with Crippen LogP contribution in [0.5, 0.6) is 0 Å². The summed E-state index contributed by atoms with van der Waals surface area (Å²) in [6.45, 7) is -1.48. The molecule has 1 N–H and O–H groups in total. The lowest BCUT2D eigenvalue weighted by molar-refractivity contribution is -0.134. The van der Waals surface area contributed by atoms with Crippen LogP contribution in [-0.2, 0) is 16.0 Å². The van der Waals surface area contributed by atoms with Gasteiger partial charge in [-0.2, -0.15) is 13.2 Å². The number of nitrogens with zero attached hydrogens (tertiary/aromatic N) is 2. The summed E-state index contributed by atoms with van der Waals surface area (Å²) in [7, 11) is 0. The first-order valence-electron chi connectivity index (χ1n) is 9.90. The molecule has 1 saturated carbocycles. The Morgan fingerprint density at radius 3 is 2.41 bits per heavy atom. The molecule has 5 nitrogen and oxygen atoms in total. The number of carbonyl (C=O) groups excluding carboxylic acids is 2. The molecule has 0 aromatic heterocycles. The van der Waals surface area contributed by atoms with E-state index in [9.17, 15) is 22.8 Å². The van der Waals surface area contributed by atoms with Crippen molar-refractivity contribution >= 4 is 46.4 Å². The standard InChI is InChI=1S/C22H18Cl2F3N3O2/c23-14-7-12(8-15(24)10-14)9-18(31)28-20-21(32)30(11-22(25,26)27)17-4-2-1-3-16(17)19(29-20)13-5-6-13/h1-4,7-8,10,13,20H,5-6,9,11H2,(H,28,31). The third-order valence-electron chi connectivity index (χ3n) is 5.13. The zero-order valence-electron chi connectivity index (χ0n) is 16.6. The quantitative estimate of drug-likeness (QED) is 0.664. The first-order valence-corrected chi connectivity index (χ1v) is 10.7. The number of halogens is 5. The molecule has 0 saturated heterocycles. The van der Waals surface area contributed by atoms with E-state index in [4.69, 9.17) is 23.2 Å². The van der Waals surface area contributed by atoms with Crippen LogP contribution in [0.25, 0.3) is 0 Å². The number of carbonyl (C=O) groups is 2. The maximum atomic E-state index is 13.3. The third kappa shape index (κ3) is 5.24. The molecule has 1 unspecified atom stereocenters. The molecule has 2 aromatic rings. The normalized spacial score (nSPS) is 18.7. The van der Waals surface area contributed by atoms with Gasteiger partial charge in [0.15, 0.2) is 0 Å². The van der Waals surface area contributed by atoms with Gasteiger partial charge in [0, 0.05) is 21.5 Å². The summed E-state index contributed by atoms with van der Waals surface area (Å²) >= 11 is 11.9. The maximum Gasteiger partial charge on any atom is 0.406 e. The van der Waals surface area contributed by atoms with Gasteiger partial charge in [0.05, 0.1) is 17.8 Å². The van der Waals surface area contributed by atoms with Crippen molar-refractivity contribution < 1.29 is 22.8 Å². The van der Waals surface area contributed by atoms with Crippen molar-refractivity contribution in [3.05, 3.63) is 63.6 Å². The fourth-order valence-electron chi connectivity index (χ4n) is 3.68. The molecule has 1 atom stereocenters. The zero-order valence-corrected chi connectivity index (χ0v) is 18.1. The average molecular weight is 484 g/mol. The highest BCUT2D eigenvalue weighted by Gasteiger charge is 2.42. The summed E-state index contributed by atoms with van der Waals surface area (Å²) in [5.41, 5.74) is 1.66. The Morgan fingerprint density at radius 2 is 1.78 bits per heavy atom. The molecule has 1 aliphatic heterocycles. The minimum atomic E-state index is -4.63. The number of hydrogen-bond donors (Lipinski definition) is 1. The zero-order chi connectivity index (χ0) is 23.0. The van der Waals surface area contributed by atoms with Gasteiger partial charge in [-0.3, -0.25) is 19.5 Å². The van der Waals surface area contributed by atoms with E-state index in [-0.39, 0.29) is 18.0 Å². The summed E-state index contributed by atoms with van der Waals surface area (Å²) in [5, 5.41) is 3.17. The predicted molar refractivity (Wildman–Crippen MR) is 116 cm³/mol. The van der Waals surface area contributed by atoms with Crippen LogP contribution in [0.15, 0.2) is 47.5 Å². The van der Waals surface area contributed by atoms with Crippen LogP contribution < -0.4 is 10.2 Å². The molecule has 4 rings (SSSR count). The van der Waals surface area contributed by atoms with Gasteiger partial charge in [0.2, 0.25) is 12.1 Å². The molecule has 32 heavy (non-hydrogen) atoms. The van der Waals surface area contributed by atoms with E-state index < -0.39 is 30.7 Å². The minimum absolute atomic E-state index is 0.0425. The highest BCUT2D eigenvalue weighted by molar-refractivity contribution is 6.34. The van der Waals surface area contributed by atoms with Crippen LogP contribution in [0.4, 0.5) is 18.9 Å². The van der Waals surface area contributed by atoms with E-state index in [1.165, 1.54) is 12.1 Å². The molecule has 0 radical (unpaired) electrons. The minimum Gasteiger partial charge on any atom is -0.326 e. The molecule has 0 spiro atoms. The Balaban J connectivity index is 1.65. The van der Waals surface area contributed by atoms with Crippen LogP contribution in [0.1, 0.15) is 24.0 Å². The number of rotatable bonds is 5. The van der Waals surface area contributed by atoms with E-state index in [1.807, 2.05) is 0 Å². The fourth-order valence-corrected chi connectivity index (χ4v) is 4.25. The van der Waals surface area contributed by atoms with Crippen molar-refractivity contribution in [2.75, 3.05) is 11.4 Å². The fraction of sp³-hybridized carbons (Fsp3) is 0.318. The number of benzene rings is 2. The molecule has 2 amide bonds. The summed E-state index contributed by atoms with van der Waals surface area (Å²) in [6, 6.07) is 11.0. The van der Waals surface area contributed by atoms with Gasteiger partial charge < -0.3 is 5.32 Å². The second-order valence-corrected chi connectivity index (χ2v) is 8.64. The Morgan fingerprint density at radius 1 is 1.12 bits per heavy atom. The van der Waals surface area contributed by atoms with E-state index >= 15 is 0 Å². The molecule has 2 aliphatic rings. The van der Waals surface area contributed by atoms with E-state index in [0.29, 0.717) is 31.8 Å². The first kappa shape index (κ1) is 22.6. The summed E-state index contributed by atoms with van der Waals surface area (Å²) in [4.78, 5) is 30.9. The van der Waals surface area contributed by atoms with Crippen LogP contribution >= 0.6 is 23.2 Å². The first-order chi connectivity index (χ1) is 15.1. The molecular weight excluding hydrogens is 466 g/mol. The van der Waals surface area contributed by atoms with Crippen molar-refractivity contribution in [3.63, 3.8) is 0 Å².